The predicted octanol–water partition coefficient (Wildman–Crippen LogP) is 3.82. The molecule has 128 valence electrons. The van der Waals surface area contributed by atoms with E-state index in [-0.39, 0.29) is 18.0 Å². The maximum atomic E-state index is 12.6. The van der Waals surface area contributed by atoms with Gasteiger partial charge in [-0.25, -0.2) is 4.79 Å². The molecule has 0 radical (unpaired) electrons. The average Bonchev–Trinajstić information content (AvgIpc) is 2.94. The zero-order valence-electron chi connectivity index (χ0n) is 14.5. The van der Waals surface area contributed by atoms with Gasteiger partial charge in [0.25, 0.3) is 5.91 Å². The van der Waals surface area contributed by atoms with E-state index in [1.807, 2.05) is 37.8 Å². The van der Waals surface area contributed by atoms with Crippen LogP contribution in [-0.2, 0) is 4.74 Å². The second kappa shape index (κ2) is 6.91. The fraction of sp³-hybridized carbons (Fsp3) is 0.647. The van der Waals surface area contributed by atoms with Gasteiger partial charge in [-0.3, -0.25) is 4.79 Å². The molecule has 1 aliphatic rings. The van der Waals surface area contributed by atoms with Crippen molar-refractivity contribution in [1.82, 2.24) is 10.2 Å². The summed E-state index contributed by atoms with van der Waals surface area (Å²) in [5, 5.41) is 2.64. The number of nitrogens with zero attached hydrogens (tertiary/aromatic N) is 1. The van der Waals surface area contributed by atoms with Crippen LogP contribution in [0.2, 0.25) is 0 Å². The monoisotopic (exact) mass is 338 g/mol. The van der Waals surface area contributed by atoms with E-state index in [9.17, 15) is 9.59 Å². The van der Waals surface area contributed by atoms with Crippen LogP contribution < -0.4 is 5.32 Å². The second-order valence-electron chi connectivity index (χ2n) is 7.11. The van der Waals surface area contributed by atoms with Gasteiger partial charge in [-0.1, -0.05) is 6.92 Å². The lowest BCUT2D eigenvalue weighted by Gasteiger charge is -2.38. The van der Waals surface area contributed by atoms with Crippen LogP contribution in [0.15, 0.2) is 12.1 Å². The summed E-state index contributed by atoms with van der Waals surface area (Å²) in [4.78, 5) is 27.9. The first kappa shape index (κ1) is 17.8. The molecule has 0 saturated carbocycles. The van der Waals surface area contributed by atoms with E-state index in [0.29, 0.717) is 17.3 Å². The van der Waals surface area contributed by atoms with E-state index in [1.165, 1.54) is 11.3 Å². The maximum Gasteiger partial charge on any atom is 0.410 e. The molecule has 0 spiro atoms. The summed E-state index contributed by atoms with van der Waals surface area (Å²) in [6, 6.07) is 3.77. The van der Waals surface area contributed by atoms with Gasteiger partial charge < -0.3 is 15.0 Å². The molecule has 23 heavy (non-hydrogen) atoms. The largest absolute Gasteiger partial charge is 0.444 e. The first-order valence-corrected chi connectivity index (χ1v) is 8.84. The Kier molecular flexibility index (Phi) is 5.34. The van der Waals surface area contributed by atoms with Crippen molar-refractivity contribution < 1.29 is 14.3 Å². The summed E-state index contributed by atoms with van der Waals surface area (Å²) < 4.78 is 5.57. The number of carbonyl (C=O) groups is 2. The highest BCUT2D eigenvalue weighted by Gasteiger charge is 2.34. The fourth-order valence-corrected chi connectivity index (χ4v) is 3.85. The van der Waals surface area contributed by atoms with Crippen LogP contribution in [0.4, 0.5) is 4.79 Å². The molecule has 1 saturated heterocycles. The molecule has 0 aliphatic carbocycles. The summed E-state index contributed by atoms with van der Waals surface area (Å²) in [7, 11) is 1.62. The zero-order valence-corrected chi connectivity index (χ0v) is 15.3. The summed E-state index contributed by atoms with van der Waals surface area (Å²) >= 11 is 1.45. The Balaban J connectivity index is 2.21. The lowest BCUT2D eigenvalue weighted by atomic mass is 9.93. The summed E-state index contributed by atoms with van der Waals surface area (Å²) in [6.45, 7) is 8.47. The molecular formula is C17H26N2O3S. The Morgan fingerprint density at radius 3 is 2.61 bits per heavy atom. The first-order chi connectivity index (χ1) is 10.7. The molecule has 1 aliphatic heterocycles. The van der Waals surface area contributed by atoms with Crippen molar-refractivity contribution in [1.29, 1.82) is 0 Å². The van der Waals surface area contributed by atoms with Crippen molar-refractivity contribution in [2.24, 2.45) is 5.92 Å². The molecule has 2 unspecified atom stereocenters. The maximum absolute atomic E-state index is 12.6. The molecule has 1 N–H and O–H groups in total. The number of ether oxygens (including phenoxy) is 1. The highest BCUT2D eigenvalue weighted by atomic mass is 32.1. The number of nitrogens with one attached hydrogen (secondary N) is 1. The Bertz CT molecular complexity index is 577. The van der Waals surface area contributed by atoms with Crippen LogP contribution in [-0.4, -0.2) is 36.1 Å². The topological polar surface area (TPSA) is 58.6 Å². The molecular weight excluding hydrogens is 312 g/mol. The molecule has 1 aromatic heterocycles. The van der Waals surface area contributed by atoms with E-state index in [4.69, 9.17) is 4.74 Å². The minimum Gasteiger partial charge on any atom is -0.444 e. The van der Waals surface area contributed by atoms with Crippen molar-refractivity contribution in [2.45, 2.75) is 52.2 Å². The van der Waals surface area contributed by atoms with Gasteiger partial charge in [0.1, 0.15) is 5.60 Å². The second-order valence-corrected chi connectivity index (χ2v) is 8.23. The van der Waals surface area contributed by atoms with E-state index in [1.54, 1.807) is 7.05 Å². The van der Waals surface area contributed by atoms with Crippen LogP contribution in [0.3, 0.4) is 0 Å². The van der Waals surface area contributed by atoms with Crippen LogP contribution in [0.5, 0.6) is 0 Å². The minimum absolute atomic E-state index is 0.00976. The molecule has 2 heterocycles. The number of piperidine rings is 1. The predicted molar refractivity (Wildman–Crippen MR) is 91.8 cm³/mol. The van der Waals surface area contributed by atoms with Gasteiger partial charge >= 0.3 is 6.09 Å². The number of hydrogen-bond donors (Lipinski definition) is 1. The molecule has 6 heteroatoms. The van der Waals surface area contributed by atoms with E-state index in [2.05, 4.69) is 12.2 Å². The van der Waals surface area contributed by atoms with Crippen LogP contribution in [0, 0.1) is 5.92 Å². The molecule has 1 aromatic rings. The lowest BCUT2D eigenvalue weighted by molar-refractivity contribution is 0.00411. The van der Waals surface area contributed by atoms with Gasteiger partial charge in [-0.2, -0.15) is 0 Å². The van der Waals surface area contributed by atoms with Gasteiger partial charge in [0.15, 0.2) is 0 Å². The third-order valence-corrected chi connectivity index (χ3v) is 5.04. The van der Waals surface area contributed by atoms with Gasteiger partial charge in [0, 0.05) is 18.5 Å². The van der Waals surface area contributed by atoms with Crippen LogP contribution in [0.1, 0.15) is 61.1 Å². The highest BCUT2D eigenvalue weighted by molar-refractivity contribution is 7.14. The van der Waals surface area contributed by atoms with Gasteiger partial charge in [0.05, 0.1) is 10.9 Å². The third kappa shape index (κ3) is 4.47. The molecule has 1 fully saturated rings. The molecule has 0 bridgehead atoms. The van der Waals surface area contributed by atoms with E-state index < -0.39 is 5.60 Å². The van der Waals surface area contributed by atoms with Crippen LogP contribution >= 0.6 is 11.3 Å². The summed E-state index contributed by atoms with van der Waals surface area (Å²) in [6.07, 6.45) is 1.69. The van der Waals surface area contributed by atoms with Crippen LogP contribution in [0.25, 0.3) is 0 Å². The Morgan fingerprint density at radius 2 is 2.00 bits per heavy atom. The molecule has 2 atom stereocenters. The van der Waals surface area contributed by atoms with Gasteiger partial charge in [-0.05, 0) is 51.7 Å². The standard InChI is InChI=1S/C17H26N2O3S/c1-11-6-7-12(13-8-9-14(23-13)15(20)18-5)19(10-11)16(21)22-17(2,3)4/h8-9,11-12H,6-7,10H2,1-5H3,(H,18,20). The fourth-order valence-electron chi connectivity index (χ4n) is 2.75. The Hall–Kier alpha value is -1.56. The van der Waals surface area contributed by atoms with Crippen molar-refractivity contribution >= 4 is 23.3 Å². The minimum atomic E-state index is -0.509. The number of thiophene rings is 1. The Labute approximate surface area is 142 Å². The number of hydrogen-bond acceptors (Lipinski definition) is 4. The normalized spacial score (nSPS) is 21.9. The van der Waals surface area contributed by atoms with Gasteiger partial charge in [-0.15, -0.1) is 11.3 Å². The number of rotatable bonds is 2. The average molecular weight is 338 g/mol. The number of amides is 2. The summed E-state index contributed by atoms with van der Waals surface area (Å²) in [5.41, 5.74) is -0.509. The lowest BCUT2D eigenvalue weighted by Crippen LogP contribution is -2.44. The quantitative estimate of drug-likeness (QED) is 0.892. The third-order valence-electron chi connectivity index (χ3n) is 3.85. The Morgan fingerprint density at radius 1 is 1.30 bits per heavy atom. The van der Waals surface area contributed by atoms with Crippen molar-refractivity contribution in [3.8, 4) is 0 Å². The zero-order chi connectivity index (χ0) is 17.2. The SMILES string of the molecule is CNC(=O)c1ccc(C2CCC(C)CN2C(=O)OC(C)(C)C)s1. The van der Waals surface area contributed by atoms with E-state index >= 15 is 0 Å². The highest BCUT2D eigenvalue weighted by Crippen LogP contribution is 2.37. The molecule has 2 amide bonds. The molecule has 2 rings (SSSR count). The smallest absolute Gasteiger partial charge is 0.410 e. The number of carbonyl (C=O) groups excluding carboxylic acids is 2. The molecule has 5 nitrogen and oxygen atoms in total. The van der Waals surface area contributed by atoms with Gasteiger partial charge in [0.2, 0.25) is 0 Å². The van der Waals surface area contributed by atoms with Crippen molar-refractivity contribution in [3.05, 3.63) is 21.9 Å². The number of likely N-dealkylation sites (tertiary alicyclic amines) is 1. The summed E-state index contributed by atoms with van der Waals surface area (Å²) in [5.74, 6) is 0.367. The van der Waals surface area contributed by atoms with Crippen molar-refractivity contribution in [3.63, 3.8) is 0 Å². The molecule has 0 aromatic carbocycles. The van der Waals surface area contributed by atoms with Crippen molar-refractivity contribution in [2.75, 3.05) is 13.6 Å². The van der Waals surface area contributed by atoms with E-state index in [0.717, 1.165) is 17.7 Å². The first-order valence-electron chi connectivity index (χ1n) is 8.02.